The molecule has 0 radical (unpaired) electrons. The lowest BCUT2D eigenvalue weighted by Crippen LogP contribution is -2.38. The Morgan fingerprint density at radius 3 is 2.45 bits per heavy atom. The lowest BCUT2D eigenvalue weighted by molar-refractivity contribution is 0.0695. The summed E-state index contributed by atoms with van der Waals surface area (Å²) in [5.74, 6) is -1.13. The highest BCUT2D eigenvalue weighted by Crippen LogP contribution is 2.23. The van der Waals surface area contributed by atoms with Gasteiger partial charge in [-0.3, -0.25) is 0 Å². The zero-order chi connectivity index (χ0) is 15.5. The average molecular weight is 411 g/mol. The van der Waals surface area contributed by atoms with Crippen molar-refractivity contribution in [1.82, 2.24) is 4.31 Å². The topological polar surface area (TPSA) is 74.7 Å². The van der Waals surface area contributed by atoms with Crippen molar-refractivity contribution in [3.63, 3.8) is 0 Å². The highest BCUT2D eigenvalue weighted by atomic mass is 127. The van der Waals surface area contributed by atoms with Crippen LogP contribution in [0.4, 0.5) is 0 Å². The number of rotatable bonds is 6. The minimum atomic E-state index is -3.67. The van der Waals surface area contributed by atoms with Crippen LogP contribution in [0, 0.1) is 3.57 Å². The molecular formula is C13H18INO4S. The number of carboxylic acid groups (broad SMARTS) is 1. The second-order valence-corrected chi connectivity index (χ2v) is 7.47. The summed E-state index contributed by atoms with van der Waals surface area (Å²) < 4.78 is 27.1. The molecule has 1 N–H and O–H groups in total. The minimum Gasteiger partial charge on any atom is -0.478 e. The highest BCUT2D eigenvalue weighted by molar-refractivity contribution is 14.1. The number of hydrogen-bond donors (Lipinski definition) is 1. The molecule has 20 heavy (non-hydrogen) atoms. The van der Waals surface area contributed by atoms with Gasteiger partial charge >= 0.3 is 5.97 Å². The molecule has 0 fully saturated rings. The molecule has 0 bridgehead atoms. The van der Waals surface area contributed by atoms with Crippen LogP contribution in [0.5, 0.6) is 0 Å². The fourth-order valence-electron chi connectivity index (χ4n) is 1.89. The maximum absolute atomic E-state index is 12.6. The van der Waals surface area contributed by atoms with Crippen LogP contribution in [0.25, 0.3) is 0 Å². The molecule has 0 aliphatic heterocycles. The Hall–Kier alpha value is -0.670. The highest BCUT2D eigenvalue weighted by Gasteiger charge is 2.27. The molecule has 0 aliphatic rings. The van der Waals surface area contributed by atoms with Crippen molar-refractivity contribution in [3.8, 4) is 0 Å². The van der Waals surface area contributed by atoms with E-state index in [-0.39, 0.29) is 16.5 Å². The standard InChI is InChI=1S/C13H18INO4S/c1-4-9(3)15(5-2)20(18,19)10-6-7-12(14)11(8-10)13(16)17/h6-9H,4-5H2,1-3H3,(H,16,17). The van der Waals surface area contributed by atoms with Gasteiger partial charge in [0.1, 0.15) is 0 Å². The third-order valence-corrected chi connectivity index (χ3v) is 6.19. The summed E-state index contributed by atoms with van der Waals surface area (Å²) in [6.45, 7) is 5.88. The second kappa shape index (κ2) is 6.86. The van der Waals surface area contributed by atoms with Gasteiger partial charge in [0, 0.05) is 16.2 Å². The number of hydrogen-bond acceptors (Lipinski definition) is 3. The predicted octanol–water partition coefficient (Wildman–Crippen LogP) is 2.80. The first-order valence-electron chi connectivity index (χ1n) is 6.30. The van der Waals surface area contributed by atoms with E-state index in [9.17, 15) is 13.2 Å². The summed E-state index contributed by atoms with van der Waals surface area (Å²) in [7, 11) is -3.67. The molecule has 0 heterocycles. The summed E-state index contributed by atoms with van der Waals surface area (Å²) in [5, 5.41) is 9.09. The number of nitrogens with zero attached hydrogens (tertiary/aromatic N) is 1. The third kappa shape index (κ3) is 3.50. The first-order valence-corrected chi connectivity index (χ1v) is 8.82. The van der Waals surface area contributed by atoms with Crippen LogP contribution >= 0.6 is 22.6 Å². The van der Waals surface area contributed by atoms with Crippen molar-refractivity contribution >= 4 is 38.6 Å². The lowest BCUT2D eigenvalue weighted by Gasteiger charge is -2.26. The Morgan fingerprint density at radius 1 is 1.40 bits per heavy atom. The molecule has 5 nitrogen and oxygen atoms in total. The molecule has 0 aromatic heterocycles. The van der Waals surface area contributed by atoms with Crippen molar-refractivity contribution in [2.24, 2.45) is 0 Å². The smallest absolute Gasteiger partial charge is 0.336 e. The second-order valence-electron chi connectivity index (χ2n) is 4.41. The van der Waals surface area contributed by atoms with Gasteiger partial charge < -0.3 is 5.11 Å². The van der Waals surface area contributed by atoms with Gasteiger partial charge in [0.15, 0.2) is 0 Å². The monoisotopic (exact) mass is 411 g/mol. The number of halogens is 1. The molecular weight excluding hydrogens is 393 g/mol. The van der Waals surface area contributed by atoms with Gasteiger partial charge in [-0.15, -0.1) is 0 Å². The fraction of sp³-hybridized carbons (Fsp3) is 0.462. The number of aromatic carboxylic acids is 1. The van der Waals surface area contributed by atoms with E-state index in [1.54, 1.807) is 6.92 Å². The molecule has 0 amide bonds. The van der Waals surface area contributed by atoms with E-state index in [0.717, 1.165) is 0 Å². The van der Waals surface area contributed by atoms with Gasteiger partial charge in [-0.05, 0) is 54.1 Å². The van der Waals surface area contributed by atoms with E-state index in [4.69, 9.17) is 5.11 Å². The molecule has 1 aromatic rings. The summed E-state index contributed by atoms with van der Waals surface area (Å²) in [6.07, 6.45) is 0.698. The van der Waals surface area contributed by atoms with Crippen LogP contribution in [0.1, 0.15) is 37.6 Å². The molecule has 112 valence electrons. The third-order valence-electron chi connectivity index (χ3n) is 3.17. The van der Waals surface area contributed by atoms with Crippen LogP contribution in [0.2, 0.25) is 0 Å². The van der Waals surface area contributed by atoms with Gasteiger partial charge in [0.2, 0.25) is 10.0 Å². The van der Waals surface area contributed by atoms with Gasteiger partial charge in [-0.1, -0.05) is 13.8 Å². The Kier molecular flexibility index (Phi) is 5.96. The van der Waals surface area contributed by atoms with Crippen molar-refractivity contribution in [1.29, 1.82) is 0 Å². The Morgan fingerprint density at radius 2 is 2.00 bits per heavy atom. The summed E-state index contributed by atoms with van der Waals surface area (Å²) in [4.78, 5) is 11.1. The van der Waals surface area contributed by atoms with E-state index in [1.165, 1.54) is 22.5 Å². The van der Waals surface area contributed by atoms with Crippen LogP contribution < -0.4 is 0 Å². The van der Waals surface area contributed by atoms with E-state index in [0.29, 0.717) is 16.5 Å². The number of carboxylic acids is 1. The summed E-state index contributed by atoms with van der Waals surface area (Å²) >= 11 is 1.88. The summed E-state index contributed by atoms with van der Waals surface area (Å²) in [5.41, 5.74) is 0.00637. The zero-order valence-electron chi connectivity index (χ0n) is 11.6. The van der Waals surface area contributed by atoms with E-state index < -0.39 is 16.0 Å². The molecule has 0 saturated heterocycles. The van der Waals surface area contributed by atoms with Crippen molar-refractivity contribution < 1.29 is 18.3 Å². The summed E-state index contributed by atoms with van der Waals surface area (Å²) in [6, 6.07) is 4.07. The van der Waals surface area contributed by atoms with Crippen LogP contribution in [0.15, 0.2) is 23.1 Å². The molecule has 0 aliphatic carbocycles. The fourth-order valence-corrected chi connectivity index (χ4v) is 4.19. The molecule has 1 atom stereocenters. The van der Waals surface area contributed by atoms with Crippen molar-refractivity contribution in [2.75, 3.05) is 6.54 Å². The van der Waals surface area contributed by atoms with Crippen molar-refractivity contribution in [2.45, 2.75) is 38.1 Å². The zero-order valence-corrected chi connectivity index (χ0v) is 14.6. The Balaban J connectivity index is 3.35. The first kappa shape index (κ1) is 17.4. The first-order chi connectivity index (χ1) is 9.25. The van der Waals surface area contributed by atoms with E-state index >= 15 is 0 Å². The molecule has 1 rings (SSSR count). The molecule has 1 aromatic carbocycles. The van der Waals surface area contributed by atoms with Gasteiger partial charge in [0.05, 0.1) is 10.5 Å². The maximum Gasteiger partial charge on any atom is 0.336 e. The van der Waals surface area contributed by atoms with Crippen LogP contribution in [0.3, 0.4) is 0 Å². The van der Waals surface area contributed by atoms with Gasteiger partial charge in [0.25, 0.3) is 0 Å². The quantitative estimate of drug-likeness (QED) is 0.731. The molecule has 7 heteroatoms. The number of carbonyl (C=O) groups is 1. The maximum atomic E-state index is 12.6. The largest absolute Gasteiger partial charge is 0.478 e. The Labute approximate surface area is 133 Å². The average Bonchev–Trinajstić information content (AvgIpc) is 2.38. The predicted molar refractivity (Wildman–Crippen MR) is 85.4 cm³/mol. The van der Waals surface area contributed by atoms with Crippen LogP contribution in [-0.4, -0.2) is 36.4 Å². The van der Waals surface area contributed by atoms with Gasteiger partial charge in [-0.2, -0.15) is 4.31 Å². The van der Waals surface area contributed by atoms with Crippen molar-refractivity contribution in [3.05, 3.63) is 27.3 Å². The molecule has 1 unspecified atom stereocenters. The number of benzene rings is 1. The van der Waals surface area contributed by atoms with E-state index in [2.05, 4.69) is 0 Å². The molecule has 0 spiro atoms. The van der Waals surface area contributed by atoms with E-state index in [1.807, 2.05) is 36.4 Å². The number of sulfonamides is 1. The SMILES string of the molecule is CCC(C)N(CC)S(=O)(=O)c1ccc(I)c(C(=O)O)c1. The van der Waals surface area contributed by atoms with Gasteiger partial charge in [-0.25, -0.2) is 13.2 Å². The minimum absolute atomic E-state index is 0.00637. The Bertz CT molecular complexity index is 600. The van der Waals surface area contributed by atoms with Crippen LogP contribution in [-0.2, 0) is 10.0 Å². The molecule has 0 saturated carbocycles. The lowest BCUT2D eigenvalue weighted by atomic mass is 10.2. The normalized spacial score (nSPS) is 13.4.